The molecular weight excluding hydrogens is 442 g/mol. The number of hydrogen-bond acceptors (Lipinski definition) is 6. The van der Waals surface area contributed by atoms with Crippen LogP contribution in [0.25, 0.3) is 32.6 Å². The number of nitrogens with one attached hydrogen (secondary N) is 1. The molecule has 0 bridgehead atoms. The molecule has 172 valence electrons. The van der Waals surface area contributed by atoms with Gasteiger partial charge in [-0.15, -0.1) is 11.3 Å². The van der Waals surface area contributed by atoms with Crippen molar-refractivity contribution in [3.8, 4) is 17.1 Å². The molecule has 34 heavy (non-hydrogen) atoms. The van der Waals surface area contributed by atoms with Crippen LogP contribution in [-0.2, 0) is 0 Å². The molecule has 0 atom stereocenters. The molecule has 0 saturated heterocycles. The van der Waals surface area contributed by atoms with Crippen LogP contribution in [0.3, 0.4) is 0 Å². The van der Waals surface area contributed by atoms with Crippen LogP contribution in [0.5, 0.6) is 5.75 Å². The van der Waals surface area contributed by atoms with Gasteiger partial charge in [-0.1, -0.05) is 55.7 Å². The number of para-hydroxylation sites is 1. The minimum absolute atomic E-state index is 0.454. The van der Waals surface area contributed by atoms with E-state index in [1.54, 1.807) is 11.3 Å². The molecule has 1 aliphatic rings. The molecule has 6 nitrogen and oxygen atoms in total. The zero-order chi connectivity index (χ0) is 22.7. The lowest BCUT2D eigenvalue weighted by atomic mass is 9.95. The summed E-state index contributed by atoms with van der Waals surface area (Å²) in [6.45, 7) is 1.16. The van der Waals surface area contributed by atoms with Crippen LogP contribution in [0, 0.1) is 0 Å². The average molecular weight is 470 g/mol. The molecule has 3 heterocycles. The summed E-state index contributed by atoms with van der Waals surface area (Å²) in [7, 11) is 0. The molecule has 1 fully saturated rings. The monoisotopic (exact) mass is 469 g/mol. The maximum absolute atomic E-state index is 5.87. The van der Waals surface area contributed by atoms with E-state index in [1.807, 2.05) is 36.7 Å². The Bertz CT molecular complexity index is 1400. The number of thiophene rings is 1. The standard InChI is InChI=1S/C27H27N5OS/c1-3-9-19(10-4-1)32-18-29-24-26(28-15-16-33-20-11-5-2-6-12-20)30-25(31-27(24)32)22-17-34-23-14-8-7-13-21(22)23/h2,5-8,11-14,17-19H,1,3-4,9-10,15-16H2,(H,28,30,31). The summed E-state index contributed by atoms with van der Waals surface area (Å²) in [6, 6.07) is 18.8. The van der Waals surface area contributed by atoms with E-state index >= 15 is 0 Å². The number of benzene rings is 2. The minimum Gasteiger partial charge on any atom is -0.492 e. The fraction of sp³-hybridized carbons (Fsp3) is 0.296. The normalized spacial score (nSPS) is 14.6. The molecule has 0 radical (unpaired) electrons. The molecular formula is C27H27N5OS. The first-order valence-electron chi connectivity index (χ1n) is 12.0. The third kappa shape index (κ3) is 4.12. The highest BCUT2D eigenvalue weighted by Crippen LogP contribution is 2.36. The topological polar surface area (TPSA) is 64.9 Å². The predicted molar refractivity (Wildman–Crippen MR) is 139 cm³/mol. The highest BCUT2D eigenvalue weighted by molar-refractivity contribution is 7.17. The fourth-order valence-corrected chi connectivity index (χ4v) is 5.73. The van der Waals surface area contributed by atoms with Crippen molar-refractivity contribution in [2.45, 2.75) is 38.1 Å². The Kier molecular flexibility index (Phi) is 5.85. The lowest BCUT2D eigenvalue weighted by Crippen LogP contribution is -2.14. The van der Waals surface area contributed by atoms with E-state index in [2.05, 4.69) is 39.5 Å². The smallest absolute Gasteiger partial charge is 0.166 e. The molecule has 6 rings (SSSR count). The second-order valence-electron chi connectivity index (χ2n) is 8.75. The molecule has 1 N–H and O–H groups in total. The Morgan fingerprint density at radius 2 is 1.79 bits per heavy atom. The summed E-state index contributed by atoms with van der Waals surface area (Å²) in [6.07, 6.45) is 8.16. The molecule has 0 unspecified atom stereocenters. The molecule has 7 heteroatoms. The van der Waals surface area contributed by atoms with E-state index in [0.29, 0.717) is 19.2 Å². The van der Waals surface area contributed by atoms with Gasteiger partial charge in [0.1, 0.15) is 17.9 Å². The van der Waals surface area contributed by atoms with Gasteiger partial charge in [-0.05, 0) is 31.0 Å². The average Bonchev–Trinajstić information content (AvgIpc) is 3.52. The van der Waals surface area contributed by atoms with Crippen molar-refractivity contribution in [1.29, 1.82) is 0 Å². The summed E-state index contributed by atoms with van der Waals surface area (Å²) in [5.74, 6) is 2.37. The van der Waals surface area contributed by atoms with Crippen molar-refractivity contribution in [3.63, 3.8) is 0 Å². The SMILES string of the molecule is c1ccc(OCCNc2nc(-c3csc4ccccc34)nc3c2ncn3C2CCCCC2)cc1. The van der Waals surface area contributed by atoms with Crippen LogP contribution in [-0.4, -0.2) is 32.7 Å². The zero-order valence-electron chi connectivity index (χ0n) is 19.0. The highest BCUT2D eigenvalue weighted by Gasteiger charge is 2.22. The summed E-state index contributed by atoms with van der Waals surface area (Å²) in [4.78, 5) is 14.8. The van der Waals surface area contributed by atoms with Crippen LogP contribution in [0.1, 0.15) is 38.1 Å². The first-order valence-corrected chi connectivity index (χ1v) is 12.9. The summed E-state index contributed by atoms with van der Waals surface area (Å²) < 4.78 is 9.39. The maximum Gasteiger partial charge on any atom is 0.166 e. The van der Waals surface area contributed by atoms with Gasteiger partial charge in [0, 0.05) is 27.1 Å². The number of rotatable bonds is 7. The number of nitrogens with zero attached hydrogens (tertiary/aromatic N) is 4. The Labute approximate surface area is 202 Å². The Morgan fingerprint density at radius 3 is 2.68 bits per heavy atom. The summed E-state index contributed by atoms with van der Waals surface area (Å²) in [5, 5.41) is 6.83. The van der Waals surface area contributed by atoms with Gasteiger partial charge >= 0.3 is 0 Å². The van der Waals surface area contributed by atoms with Crippen molar-refractivity contribution < 1.29 is 4.74 Å². The molecule has 5 aromatic rings. The van der Waals surface area contributed by atoms with E-state index in [-0.39, 0.29) is 0 Å². The number of hydrogen-bond donors (Lipinski definition) is 1. The molecule has 0 amide bonds. The van der Waals surface area contributed by atoms with E-state index < -0.39 is 0 Å². The minimum atomic E-state index is 0.454. The molecule has 1 aliphatic carbocycles. The first kappa shape index (κ1) is 21.1. The van der Waals surface area contributed by atoms with Gasteiger partial charge in [0.15, 0.2) is 17.3 Å². The second-order valence-corrected chi connectivity index (χ2v) is 9.66. The Balaban J connectivity index is 1.35. The van der Waals surface area contributed by atoms with Gasteiger partial charge in [-0.3, -0.25) is 0 Å². The number of imidazole rings is 1. The van der Waals surface area contributed by atoms with Crippen molar-refractivity contribution in [2.24, 2.45) is 0 Å². The number of aromatic nitrogens is 4. The summed E-state index contributed by atoms with van der Waals surface area (Å²) in [5.41, 5.74) is 2.81. The van der Waals surface area contributed by atoms with Crippen molar-refractivity contribution in [1.82, 2.24) is 19.5 Å². The number of anilines is 1. The molecule has 2 aromatic carbocycles. The molecule has 0 aliphatic heterocycles. The largest absolute Gasteiger partial charge is 0.492 e. The number of ether oxygens (including phenoxy) is 1. The third-order valence-electron chi connectivity index (χ3n) is 6.52. The summed E-state index contributed by atoms with van der Waals surface area (Å²) >= 11 is 1.73. The van der Waals surface area contributed by atoms with E-state index in [4.69, 9.17) is 19.7 Å². The van der Waals surface area contributed by atoms with E-state index in [1.165, 1.54) is 42.2 Å². The highest BCUT2D eigenvalue weighted by atomic mass is 32.1. The third-order valence-corrected chi connectivity index (χ3v) is 7.48. The van der Waals surface area contributed by atoms with Crippen LogP contribution in [0.4, 0.5) is 5.82 Å². The van der Waals surface area contributed by atoms with Gasteiger partial charge in [0.05, 0.1) is 12.9 Å². The lowest BCUT2D eigenvalue weighted by Gasteiger charge is -2.23. The second kappa shape index (κ2) is 9.43. The number of fused-ring (bicyclic) bond motifs is 2. The van der Waals surface area contributed by atoms with Gasteiger partial charge in [-0.25, -0.2) is 15.0 Å². The zero-order valence-corrected chi connectivity index (χ0v) is 19.8. The Hall–Kier alpha value is -3.45. The van der Waals surface area contributed by atoms with Crippen LogP contribution in [0.2, 0.25) is 0 Å². The van der Waals surface area contributed by atoms with Crippen molar-refractivity contribution in [3.05, 3.63) is 66.3 Å². The van der Waals surface area contributed by atoms with Crippen LogP contribution >= 0.6 is 11.3 Å². The van der Waals surface area contributed by atoms with E-state index in [9.17, 15) is 0 Å². The quantitative estimate of drug-likeness (QED) is 0.269. The van der Waals surface area contributed by atoms with Gasteiger partial charge in [-0.2, -0.15) is 0 Å². The predicted octanol–water partition coefficient (Wildman–Crippen LogP) is 6.70. The first-order chi connectivity index (χ1) is 16.9. The van der Waals surface area contributed by atoms with Gasteiger partial charge in [0.2, 0.25) is 0 Å². The van der Waals surface area contributed by atoms with Crippen molar-refractivity contribution in [2.75, 3.05) is 18.5 Å². The van der Waals surface area contributed by atoms with Gasteiger partial charge in [0.25, 0.3) is 0 Å². The van der Waals surface area contributed by atoms with Crippen LogP contribution in [0.15, 0.2) is 66.3 Å². The van der Waals surface area contributed by atoms with Gasteiger partial charge < -0.3 is 14.6 Å². The van der Waals surface area contributed by atoms with E-state index in [0.717, 1.165) is 34.1 Å². The molecule has 3 aromatic heterocycles. The maximum atomic E-state index is 5.87. The Morgan fingerprint density at radius 1 is 0.971 bits per heavy atom. The fourth-order valence-electron chi connectivity index (χ4n) is 4.79. The van der Waals surface area contributed by atoms with Crippen molar-refractivity contribution >= 4 is 38.4 Å². The van der Waals surface area contributed by atoms with Crippen LogP contribution < -0.4 is 10.1 Å². The lowest BCUT2D eigenvalue weighted by molar-refractivity contribution is 0.333. The molecule has 1 saturated carbocycles. The molecule has 0 spiro atoms.